The van der Waals surface area contributed by atoms with Gasteiger partial charge in [-0.1, -0.05) is 119 Å². The van der Waals surface area contributed by atoms with Gasteiger partial charge in [0.25, 0.3) is 0 Å². The van der Waals surface area contributed by atoms with E-state index >= 15 is 0 Å². The molecule has 0 unspecified atom stereocenters. The zero-order valence-corrected chi connectivity index (χ0v) is 27.9. The molecule has 0 N–H and O–H groups in total. The summed E-state index contributed by atoms with van der Waals surface area (Å²) in [5.74, 6) is 1.88. The van der Waals surface area contributed by atoms with Crippen molar-refractivity contribution in [1.29, 1.82) is 0 Å². The molecule has 3 nitrogen and oxygen atoms in total. The minimum atomic E-state index is 0.782. The van der Waals surface area contributed by atoms with Gasteiger partial charge in [-0.05, 0) is 103 Å². The SMILES string of the molecule is CCCCCCOc1ccc(-c2ccc(N(c3ccc(C)cc3)c3ccc(-c4ccc(OCCCCCC)cc4)cc3)cc2)cc1. The van der Waals surface area contributed by atoms with Crippen LogP contribution in [0, 0.1) is 6.92 Å². The Balaban J connectivity index is 1.29. The van der Waals surface area contributed by atoms with Crippen LogP contribution in [0.15, 0.2) is 121 Å². The summed E-state index contributed by atoms with van der Waals surface area (Å²) in [4.78, 5) is 2.32. The summed E-state index contributed by atoms with van der Waals surface area (Å²) in [6.45, 7) is 8.16. The maximum Gasteiger partial charge on any atom is 0.119 e. The van der Waals surface area contributed by atoms with Crippen molar-refractivity contribution in [3.05, 3.63) is 127 Å². The zero-order chi connectivity index (χ0) is 32.0. The molecule has 0 heterocycles. The molecule has 5 aromatic rings. The summed E-state index contributed by atoms with van der Waals surface area (Å²) in [5, 5.41) is 0. The van der Waals surface area contributed by atoms with Crippen LogP contribution in [0.25, 0.3) is 22.3 Å². The second-order valence-electron chi connectivity index (χ2n) is 12.1. The number of unbranched alkanes of at least 4 members (excludes halogenated alkanes) is 6. The molecule has 3 heteroatoms. The first-order valence-corrected chi connectivity index (χ1v) is 17.2. The molecule has 0 aliphatic carbocycles. The number of rotatable bonds is 17. The summed E-state index contributed by atoms with van der Waals surface area (Å²) in [6.07, 6.45) is 9.71. The van der Waals surface area contributed by atoms with Crippen LogP contribution in [-0.2, 0) is 0 Å². The molecular weight excluding hydrogens is 562 g/mol. The van der Waals surface area contributed by atoms with E-state index in [1.54, 1.807) is 0 Å². The molecule has 0 radical (unpaired) electrons. The Labute approximate surface area is 276 Å². The summed E-state index contributed by atoms with van der Waals surface area (Å²) in [5.41, 5.74) is 9.36. The summed E-state index contributed by atoms with van der Waals surface area (Å²) >= 11 is 0. The zero-order valence-electron chi connectivity index (χ0n) is 27.9. The summed E-state index contributed by atoms with van der Waals surface area (Å²) < 4.78 is 11.9. The molecule has 0 aliphatic heterocycles. The Morgan fingerprint density at radius 3 is 1.07 bits per heavy atom. The second kappa shape index (κ2) is 17.3. The molecule has 0 aliphatic rings. The van der Waals surface area contributed by atoms with E-state index in [1.807, 2.05) is 0 Å². The number of anilines is 3. The minimum Gasteiger partial charge on any atom is -0.494 e. The highest BCUT2D eigenvalue weighted by atomic mass is 16.5. The van der Waals surface area contributed by atoms with Gasteiger partial charge >= 0.3 is 0 Å². The third kappa shape index (κ3) is 9.26. The van der Waals surface area contributed by atoms with Gasteiger partial charge in [0.15, 0.2) is 0 Å². The van der Waals surface area contributed by atoms with E-state index in [4.69, 9.17) is 9.47 Å². The fraction of sp³-hybridized carbons (Fsp3) is 0.302. The van der Waals surface area contributed by atoms with E-state index < -0.39 is 0 Å². The average molecular weight is 612 g/mol. The summed E-state index contributed by atoms with van der Waals surface area (Å²) in [6, 6.07) is 43.3. The van der Waals surface area contributed by atoms with E-state index in [0.717, 1.165) is 54.6 Å². The van der Waals surface area contributed by atoms with Crippen LogP contribution < -0.4 is 14.4 Å². The Morgan fingerprint density at radius 2 is 0.717 bits per heavy atom. The van der Waals surface area contributed by atoms with Gasteiger partial charge in [0.05, 0.1) is 13.2 Å². The predicted molar refractivity (Wildman–Crippen MR) is 196 cm³/mol. The van der Waals surface area contributed by atoms with Crippen molar-refractivity contribution in [2.45, 2.75) is 72.1 Å². The Bertz CT molecular complexity index is 1470. The minimum absolute atomic E-state index is 0.782. The van der Waals surface area contributed by atoms with Crippen molar-refractivity contribution in [3.8, 4) is 33.8 Å². The van der Waals surface area contributed by atoms with Crippen LogP contribution in [-0.4, -0.2) is 13.2 Å². The number of benzene rings is 5. The molecule has 0 spiro atoms. The highest BCUT2D eigenvalue weighted by molar-refractivity contribution is 5.80. The van der Waals surface area contributed by atoms with Gasteiger partial charge in [-0.15, -0.1) is 0 Å². The van der Waals surface area contributed by atoms with Gasteiger partial charge in [-0.25, -0.2) is 0 Å². The molecule has 0 aromatic heterocycles. The average Bonchev–Trinajstić information content (AvgIpc) is 3.10. The molecule has 46 heavy (non-hydrogen) atoms. The van der Waals surface area contributed by atoms with Gasteiger partial charge in [0.1, 0.15) is 11.5 Å². The van der Waals surface area contributed by atoms with Crippen LogP contribution in [0.2, 0.25) is 0 Å². The van der Waals surface area contributed by atoms with Crippen molar-refractivity contribution < 1.29 is 9.47 Å². The van der Waals surface area contributed by atoms with Crippen LogP contribution in [0.1, 0.15) is 70.8 Å². The van der Waals surface area contributed by atoms with Crippen LogP contribution in [0.5, 0.6) is 11.5 Å². The van der Waals surface area contributed by atoms with Gasteiger partial charge in [-0.3, -0.25) is 0 Å². The fourth-order valence-corrected chi connectivity index (χ4v) is 5.67. The number of aryl methyl sites for hydroxylation is 1. The lowest BCUT2D eigenvalue weighted by atomic mass is 10.0. The molecule has 0 fully saturated rings. The lowest BCUT2D eigenvalue weighted by molar-refractivity contribution is 0.305. The predicted octanol–water partition coefficient (Wildman–Crippen LogP) is 12.7. The van der Waals surface area contributed by atoms with Crippen molar-refractivity contribution in [1.82, 2.24) is 0 Å². The lowest BCUT2D eigenvalue weighted by Gasteiger charge is -2.26. The van der Waals surface area contributed by atoms with Gasteiger partial charge in [-0.2, -0.15) is 0 Å². The largest absolute Gasteiger partial charge is 0.494 e. The quantitative estimate of drug-likeness (QED) is 0.0976. The first-order valence-electron chi connectivity index (χ1n) is 17.2. The molecule has 0 amide bonds. The number of nitrogens with zero attached hydrogens (tertiary/aromatic N) is 1. The molecule has 5 rings (SSSR count). The Hall–Kier alpha value is -4.50. The number of hydrogen-bond donors (Lipinski definition) is 0. The third-order valence-corrected chi connectivity index (χ3v) is 8.45. The summed E-state index contributed by atoms with van der Waals surface area (Å²) in [7, 11) is 0. The van der Waals surface area contributed by atoms with E-state index in [-0.39, 0.29) is 0 Å². The monoisotopic (exact) mass is 611 g/mol. The fourth-order valence-electron chi connectivity index (χ4n) is 5.67. The molecule has 0 saturated carbocycles. The van der Waals surface area contributed by atoms with Crippen molar-refractivity contribution in [3.63, 3.8) is 0 Å². The lowest BCUT2D eigenvalue weighted by Crippen LogP contribution is -2.09. The van der Waals surface area contributed by atoms with Gasteiger partial charge in [0, 0.05) is 17.1 Å². The van der Waals surface area contributed by atoms with Crippen LogP contribution >= 0.6 is 0 Å². The topological polar surface area (TPSA) is 21.7 Å². The van der Waals surface area contributed by atoms with Crippen LogP contribution in [0.3, 0.4) is 0 Å². The molecule has 0 atom stereocenters. The van der Waals surface area contributed by atoms with Crippen LogP contribution in [0.4, 0.5) is 17.1 Å². The van der Waals surface area contributed by atoms with Crippen molar-refractivity contribution in [2.24, 2.45) is 0 Å². The first kappa shape index (κ1) is 32.9. The molecule has 238 valence electrons. The smallest absolute Gasteiger partial charge is 0.119 e. The highest BCUT2D eigenvalue weighted by Gasteiger charge is 2.13. The molecular formula is C43H49NO2. The molecule has 5 aromatic carbocycles. The van der Waals surface area contributed by atoms with E-state index in [2.05, 4.69) is 147 Å². The number of ether oxygens (including phenoxy) is 2. The standard InChI is InChI=1S/C43H49NO2/c1-4-6-8-10-32-45-42-28-18-37(19-29-42)35-14-24-40(25-15-35)44(39-22-12-34(3)13-23-39)41-26-16-36(17-27-41)38-20-30-43(31-21-38)46-33-11-9-7-5-2/h12-31H,4-11,32-33H2,1-3H3. The Kier molecular flexibility index (Phi) is 12.3. The van der Waals surface area contributed by atoms with E-state index in [0.29, 0.717) is 0 Å². The highest BCUT2D eigenvalue weighted by Crippen LogP contribution is 2.37. The van der Waals surface area contributed by atoms with E-state index in [9.17, 15) is 0 Å². The van der Waals surface area contributed by atoms with Gasteiger partial charge < -0.3 is 14.4 Å². The molecule has 0 bridgehead atoms. The molecule has 0 saturated heterocycles. The Morgan fingerprint density at radius 1 is 0.391 bits per heavy atom. The van der Waals surface area contributed by atoms with Crippen molar-refractivity contribution >= 4 is 17.1 Å². The third-order valence-electron chi connectivity index (χ3n) is 8.45. The second-order valence-corrected chi connectivity index (χ2v) is 12.1. The maximum atomic E-state index is 5.95. The number of hydrogen-bond acceptors (Lipinski definition) is 3. The van der Waals surface area contributed by atoms with Crippen molar-refractivity contribution in [2.75, 3.05) is 18.1 Å². The first-order chi connectivity index (χ1) is 22.6. The van der Waals surface area contributed by atoms with Gasteiger partial charge in [0.2, 0.25) is 0 Å². The normalized spacial score (nSPS) is 10.9. The maximum absolute atomic E-state index is 5.95. The van der Waals surface area contributed by atoms with E-state index in [1.165, 1.54) is 66.3 Å².